The van der Waals surface area contributed by atoms with E-state index in [1.165, 1.54) is 16.4 Å². The van der Waals surface area contributed by atoms with Crippen molar-refractivity contribution in [1.29, 1.82) is 0 Å². The van der Waals surface area contributed by atoms with E-state index in [-0.39, 0.29) is 11.0 Å². The van der Waals surface area contributed by atoms with E-state index in [4.69, 9.17) is 4.74 Å². The Morgan fingerprint density at radius 1 is 1.12 bits per heavy atom. The highest BCUT2D eigenvalue weighted by Gasteiger charge is 2.23. The van der Waals surface area contributed by atoms with Crippen LogP contribution in [0.25, 0.3) is 0 Å². The predicted octanol–water partition coefficient (Wildman–Crippen LogP) is 3.99. The van der Waals surface area contributed by atoms with E-state index >= 15 is 0 Å². The van der Waals surface area contributed by atoms with Crippen LogP contribution in [0.3, 0.4) is 0 Å². The highest BCUT2D eigenvalue weighted by molar-refractivity contribution is 7.89. The average molecular weight is 368 g/mol. The largest absolute Gasteiger partial charge is 0.446 e. The summed E-state index contributed by atoms with van der Waals surface area (Å²) in [5, 5.41) is 2.66. The molecule has 2 rings (SSSR count). The van der Waals surface area contributed by atoms with Crippen LogP contribution in [0, 0.1) is 0 Å². The molecule has 0 unspecified atom stereocenters. The zero-order valence-electron chi connectivity index (χ0n) is 15.0. The second-order valence-corrected chi connectivity index (χ2v) is 8.30. The molecule has 1 N–H and O–H groups in total. The number of hydrogen-bond acceptors (Lipinski definition) is 4. The molecular formula is C18H28N2O4S. The minimum atomic E-state index is -3.50. The summed E-state index contributed by atoms with van der Waals surface area (Å²) < 4.78 is 32.2. The van der Waals surface area contributed by atoms with Crippen LogP contribution in [0.15, 0.2) is 29.2 Å². The van der Waals surface area contributed by atoms with Gasteiger partial charge in [0, 0.05) is 18.8 Å². The first-order chi connectivity index (χ1) is 12.0. The van der Waals surface area contributed by atoms with Gasteiger partial charge in [0.15, 0.2) is 0 Å². The minimum Gasteiger partial charge on any atom is -0.446 e. The van der Waals surface area contributed by atoms with Crippen LogP contribution in [0.1, 0.15) is 52.4 Å². The molecule has 140 valence electrons. The number of carbonyl (C=O) groups is 1. The van der Waals surface area contributed by atoms with Gasteiger partial charge in [0.2, 0.25) is 10.0 Å². The van der Waals surface area contributed by atoms with Crippen LogP contribution in [0.2, 0.25) is 0 Å². The summed E-state index contributed by atoms with van der Waals surface area (Å²) >= 11 is 0. The number of carbonyl (C=O) groups excluding carboxylic acids is 1. The van der Waals surface area contributed by atoms with Crippen molar-refractivity contribution >= 4 is 21.8 Å². The fourth-order valence-electron chi connectivity index (χ4n) is 3.02. The molecule has 1 fully saturated rings. The number of benzene rings is 1. The van der Waals surface area contributed by atoms with E-state index in [1.807, 2.05) is 13.8 Å². The first-order valence-electron chi connectivity index (χ1n) is 9.05. The van der Waals surface area contributed by atoms with E-state index in [1.54, 1.807) is 12.1 Å². The Morgan fingerprint density at radius 3 is 2.20 bits per heavy atom. The number of ether oxygens (including phenoxy) is 1. The van der Waals surface area contributed by atoms with Crippen LogP contribution in [0.5, 0.6) is 0 Å². The van der Waals surface area contributed by atoms with Gasteiger partial charge in [0.25, 0.3) is 0 Å². The molecule has 0 aromatic heterocycles. The molecule has 1 saturated carbocycles. The number of sulfonamides is 1. The second-order valence-electron chi connectivity index (χ2n) is 6.37. The Balaban J connectivity index is 2.01. The smallest absolute Gasteiger partial charge is 0.411 e. The molecule has 0 saturated heterocycles. The van der Waals surface area contributed by atoms with Crippen LogP contribution < -0.4 is 5.32 Å². The fourth-order valence-corrected chi connectivity index (χ4v) is 4.64. The number of anilines is 1. The van der Waals surface area contributed by atoms with Gasteiger partial charge in [-0.3, -0.25) is 5.32 Å². The average Bonchev–Trinajstić information content (AvgIpc) is 3.08. The number of hydrogen-bond donors (Lipinski definition) is 1. The van der Waals surface area contributed by atoms with Crippen molar-refractivity contribution in [2.45, 2.75) is 63.4 Å². The molecule has 1 aromatic rings. The summed E-state index contributed by atoms with van der Waals surface area (Å²) in [5.74, 6) is 0. The first kappa shape index (κ1) is 19.7. The van der Waals surface area contributed by atoms with Crippen molar-refractivity contribution < 1.29 is 17.9 Å². The highest BCUT2D eigenvalue weighted by atomic mass is 32.2. The van der Waals surface area contributed by atoms with Crippen LogP contribution in [-0.2, 0) is 14.8 Å². The lowest BCUT2D eigenvalue weighted by Crippen LogP contribution is -2.32. The predicted molar refractivity (Wildman–Crippen MR) is 98.1 cm³/mol. The van der Waals surface area contributed by atoms with Crippen molar-refractivity contribution in [1.82, 2.24) is 4.31 Å². The highest BCUT2D eigenvalue weighted by Crippen LogP contribution is 2.22. The van der Waals surface area contributed by atoms with Crippen LogP contribution in [0.4, 0.5) is 10.5 Å². The van der Waals surface area contributed by atoms with Crippen LogP contribution in [-0.4, -0.2) is 38.0 Å². The molecule has 1 amide bonds. The normalized spacial score (nSPS) is 15.5. The van der Waals surface area contributed by atoms with E-state index in [0.717, 1.165) is 38.5 Å². The molecule has 7 heteroatoms. The summed E-state index contributed by atoms with van der Waals surface area (Å²) in [6.45, 7) is 4.93. The Hall–Kier alpha value is -1.60. The van der Waals surface area contributed by atoms with Gasteiger partial charge in [-0.1, -0.05) is 13.8 Å². The van der Waals surface area contributed by atoms with Crippen molar-refractivity contribution in [3.8, 4) is 0 Å². The summed E-state index contributed by atoms with van der Waals surface area (Å²) in [7, 11) is -3.50. The van der Waals surface area contributed by atoms with Gasteiger partial charge in [-0.05, 0) is 62.8 Å². The quantitative estimate of drug-likeness (QED) is 0.753. The molecule has 0 aliphatic heterocycles. The molecule has 0 atom stereocenters. The first-order valence-corrected chi connectivity index (χ1v) is 10.5. The Bertz CT molecular complexity index is 646. The topological polar surface area (TPSA) is 75.7 Å². The van der Waals surface area contributed by atoms with Gasteiger partial charge in [0.05, 0.1) is 4.90 Å². The van der Waals surface area contributed by atoms with Crippen LogP contribution >= 0.6 is 0 Å². The van der Waals surface area contributed by atoms with Crippen molar-refractivity contribution in [2.24, 2.45) is 0 Å². The second kappa shape index (κ2) is 9.20. The van der Waals surface area contributed by atoms with Crippen molar-refractivity contribution in [3.63, 3.8) is 0 Å². The Morgan fingerprint density at radius 2 is 1.68 bits per heavy atom. The maximum absolute atomic E-state index is 12.7. The summed E-state index contributed by atoms with van der Waals surface area (Å²) in [6, 6.07) is 6.25. The summed E-state index contributed by atoms with van der Waals surface area (Å²) in [5.41, 5.74) is 0.527. The third-order valence-corrected chi connectivity index (χ3v) is 6.17. The monoisotopic (exact) mass is 368 g/mol. The zero-order chi connectivity index (χ0) is 18.3. The lowest BCUT2D eigenvalue weighted by molar-refractivity contribution is 0.114. The Labute approximate surface area is 150 Å². The lowest BCUT2D eigenvalue weighted by Gasteiger charge is -2.21. The van der Waals surface area contributed by atoms with Gasteiger partial charge >= 0.3 is 6.09 Å². The zero-order valence-corrected chi connectivity index (χ0v) is 15.8. The molecule has 1 aromatic carbocycles. The lowest BCUT2D eigenvalue weighted by atomic mass is 10.3. The summed E-state index contributed by atoms with van der Waals surface area (Å²) in [4.78, 5) is 12.1. The molecule has 25 heavy (non-hydrogen) atoms. The standard InChI is InChI=1S/C18H28N2O4S/c1-3-13-20(14-4-2)25(22,23)17-11-9-15(10-12-17)19-18(21)24-16-7-5-6-8-16/h9-12,16H,3-8,13-14H2,1-2H3,(H,19,21). The van der Waals surface area contributed by atoms with Gasteiger partial charge in [0.1, 0.15) is 6.10 Å². The third kappa shape index (κ3) is 5.44. The molecule has 0 bridgehead atoms. The molecule has 0 heterocycles. The molecule has 0 radical (unpaired) electrons. The third-order valence-electron chi connectivity index (χ3n) is 4.26. The number of nitrogens with zero attached hydrogens (tertiary/aromatic N) is 1. The van der Waals surface area contributed by atoms with E-state index < -0.39 is 16.1 Å². The molecule has 1 aliphatic carbocycles. The fraction of sp³-hybridized carbons (Fsp3) is 0.611. The minimum absolute atomic E-state index is 0.00343. The molecule has 0 spiro atoms. The van der Waals surface area contributed by atoms with E-state index in [9.17, 15) is 13.2 Å². The maximum atomic E-state index is 12.7. The van der Waals surface area contributed by atoms with Gasteiger partial charge < -0.3 is 4.74 Å². The molecule has 1 aliphatic rings. The molecule has 6 nitrogen and oxygen atoms in total. The number of nitrogens with one attached hydrogen (secondary N) is 1. The number of rotatable bonds is 8. The maximum Gasteiger partial charge on any atom is 0.411 e. The SMILES string of the molecule is CCCN(CCC)S(=O)(=O)c1ccc(NC(=O)OC2CCCC2)cc1. The Kier molecular flexibility index (Phi) is 7.25. The van der Waals surface area contributed by atoms with Crippen molar-refractivity contribution in [2.75, 3.05) is 18.4 Å². The van der Waals surface area contributed by atoms with Gasteiger partial charge in [-0.25, -0.2) is 13.2 Å². The van der Waals surface area contributed by atoms with Crippen molar-refractivity contribution in [3.05, 3.63) is 24.3 Å². The van der Waals surface area contributed by atoms with Gasteiger partial charge in [-0.15, -0.1) is 0 Å². The van der Waals surface area contributed by atoms with E-state index in [2.05, 4.69) is 5.32 Å². The number of amides is 1. The van der Waals surface area contributed by atoms with E-state index in [0.29, 0.717) is 18.8 Å². The molecular weight excluding hydrogens is 340 g/mol. The van der Waals surface area contributed by atoms with Gasteiger partial charge in [-0.2, -0.15) is 4.31 Å². The summed E-state index contributed by atoms with van der Waals surface area (Å²) in [6.07, 6.45) is 5.06.